The summed E-state index contributed by atoms with van der Waals surface area (Å²) in [5.41, 5.74) is 9.65. The fourth-order valence-corrected chi connectivity index (χ4v) is 0. The van der Waals surface area contributed by atoms with Crippen LogP contribution < -0.4 is 11.5 Å². The molecule has 0 fully saturated rings. The molecule has 0 aliphatic rings. The van der Waals surface area contributed by atoms with Gasteiger partial charge in [0.15, 0.2) is 0 Å². The lowest BCUT2D eigenvalue weighted by Crippen LogP contribution is -1.97. The van der Waals surface area contributed by atoms with E-state index in [1.165, 1.54) is 0 Å². The second-order valence-electron chi connectivity index (χ2n) is 0.696. The highest BCUT2D eigenvalue weighted by atomic mass is 35.5. The monoisotopic (exact) mass is 126 g/mol. The van der Waals surface area contributed by atoms with Gasteiger partial charge in [0.05, 0.1) is 0 Å². The summed E-state index contributed by atoms with van der Waals surface area (Å²) >= 11 is 10.0. The second kappa shape index (κ2) is 2.16. The Morgan fingerprint density at radius 3 is 1.17 bits per heavy atom. The molecule has 4 N–H and O–H groups in total. The first-order valence-electron chi connectivity index (χ1n) is 1.21. The largest absolute Gasteiger partial charge is 0.387 e. The predicted molar refractivity (Wildman–Crippen MR) is 27.1 cm³/mol. The van der Waals surface area contributed by atoms with Crippen molar-refractivity contribution in [2.45, 2.75) is 0 Å². The van der Waals surface area contributed by atoms with Gasteiger partial charge in [-0.1, -0.05) is 23.2 Å². The Labute approximate surface area is 45.7 Å². The molecular formula is C2H4Cl2N2. The molecule has 0 aromatic carbocycles. The predicted octanol–water partition coefficient (Wildman–Crippen LogP) is 0.508. The SMILES string of the molecule is N/C(Cl)=C(/N)Cl. The molecule has 0 aliphatic carbocycles. The average Bonchev–Trinajstić information content (AvgIpc) is 1.36. The Kier molecular flexibility index (Phi) is 2.13. The van der Waals surface area contributed by atoms with E-state index in [-0.39, 0.29) is 10.3 Å². The number of nitrogens with two attached hydrogens (primary N) is 2. The first-order chi connectivity index (χ1) is 2.64. The molecule has 0 spiro atoms. The minimum atomic E-state index is -0.0586. The Morgan fingerprint density at radius 1 is 1.00 bits per heavy atom. The molecule has 0 heterocycles. The van der Waals surface area contributed by atoms with Crippen LogP contribution in [0, 0.1) is 0 Å². The summed E-state index contributed by atoms with van der Waals surface area (Å²) in [6.45, 7) is 0. The van der Waals surface area contributed by atoms with Gasteiger partial charge in [-0.15, -0.1) is 0 Å². The van der Waals surface area contributed by atoms with Crippen LogP contribution in [-0.2, 0) is 0 Å². The number of hydrogen-bond acceptors (Lipinski definition) is 2. The summed E-state index contributed by atoms with van der Waals surface area (Å²) in [7, 11) is 0. The Hall–Kier alpha value is -0.0800. The van der Waals surface area contributed by atoms with Crippen LogP contribution in [0.4, 0.5) is 0 Å². The molecule has 0 aromatic heterocycles. The topological polar surface area (TPSA) is 52.0 Å². The van der Waals surface area contributed by atoms with Gasteiger partial charge in [0, 0.05) is 0 Å². The summed E-state index contributed by atoms with van der Waals surface area (Å²) in [6, 6.07) is 0. The Bertz CT molecular complexity index is 59.6. The van der Waals surface area contributed by atoms with E-state index in [1.54, 1.807) is 0 Å². The molecule has 0 rings (SSSR count). The maximum absolute atomic E-state index is 5.01. The molecule has 2 nitrogen and oxygen atoms in total. The normalized spacial score (nSPS) is 13.7. The van der Waals surface area contributed by atoms with Crippen molar-refractivity contribution in [1.82, 2.24) is 0 Å². The fourth-order valence-electron chi connectivity index (χ4n) is 0. The highest BCUT2D eigenvalue weighted by Gasteiger charge is 1.83. The lowest BCUT2D eigenvalue weighted by Gasteiger charge is -1.83. The molecule has 6 heavy (non-hydrogen) atoms. The molecule has 0 unspecified atom stereocenters. The van der Waals surface area contributed by atoms with Crippen molar-refractivity contribution < 1.29 is 0 Å². The molecular weight excluding hydrogens is 123 g/mol. The van der Waals surface area contributed by atoms with Crippen LogP contribution in [0.15, 0.2) is 10.3 Å². The van der Waals surface area contributed by atoms with Gasteiger partial charge in [-0.25, -0.2) is 0 Å². The van der Waals surface area contributed by atoms with Crippen molar-refractivity contribution >= 4 is 23.2 Å². The lowest BCUT2D eigenvalue weighted by atomic mass is 10.9. The van der Waals surface area contributed by atoms with Crippen LogP contribution in [-0.4, -0.2) is 0 Å². The minimum absolute atomic E-state index is 0.0586. The van der Waals surface area contributed by atoms with Crippen molar-refractivity contribution in [3.05, 3.63) is 10.3 Å². The highest BCUT2D eigenvalue weighted by Crippen LogP contribution is 1.98. The zero-order chi connectivity index (χ0) is 5.15. The van der Waals surface area contributed by atoms with E-state index in [4.69, 9.17) is 34.7 Å². The number of rotatable bonds is 0. The quantitative estimate of drug-likeness (QED) is 0.465. The maximum atomic E-state index is 5.01. The molecule has 0 saturated carbocycles. The molecule has 0 atom stereocenters. The molecule has 0 amide bonds. The maximum Gasteiger partial charge on any atom is 0.134 e. The van der Waals surface area contributed by atoms with Crippen molar-refractivity contribution in [3.63, 3.8) is 0 Å². The third-order valence-corrected chi connectivity index (χ3v) is 0.732. The van der Waals surface area contributed by atoms with Gasteiger partial charge < -0.3 is 11.5 Å². The van der Waals surface area contributed by atoms with E-state index in [1.807, 2.05) is 0 Å². The second-order valence-corrected chi connectivity index (χ2v) is 1.51. The molecule has 0 saturated heterocycles. The van der Waals surface area contributed by atoms with Crippen LogP contribution in [0.3, 0.4) is 0 Å². The smallest absolute Gasteiger partial charge is 0.134 e. The summed E-state index contributed by atoms with van der Waals surface area (Å²) in [5.74, 6) is 0. The van der Waals surface area contributed by atoms with E-state index >= 15 is 0 Å². The zero-order valence-electron chi connectivity index (χ0n) is 2.91. The van der Waals surface area contributed by atoms with E-state index in [0.29, 0.717) is 0 Å². The van der Waals surface area contributed by atoms with Gasteiger partial charge in [-0.05, 0) is 0 Å². The third kappa shape index (κ3) is 2.18. The first-order valence-corrected chi connectivity index (χ1v) is 1.96. The van der Waals surface area contributed by atoms with Crippen molar-refractivity contribution in [1.29, 1.82) is 0 Å². The van der Waals surface area contributed by atoms with Crippen molar-refractivity contribution in [2.24, 2.45) is 11.5 Å². The average molecular weight is 127 g/mol. The van der Waals surface area contributed by atoms with Gasteiger partial charge in [-0.2, -0.15) is 0 Å². The van der Waals surface area contributed by atoms with Crippen LogP contribution in [0.5, 0.6) is 0 Å². The van der Waals surface area contributed by atoms with Crippen molar-refractivity contribution in [2.75, 3.05) is 0 Å². The number of halogens is 2. The first kappa shape index (κ1) is 5.92. The lowest BCUT2D eigenvalue weighted by molar-refractivity contribution is 1.41. The number of hydrogen-bond donors (Lipinski definition) is 2. The van der Waals surface area contributed by atoms with Gasteiger partial charge in [0.1, 0.15) is 10.3 Å². The Balaban J connectivity index is 3.68. The van der Waals surface area contributed by atoms with Gasteiger partial charge in [0.2, 0.25) is 0 Å². The van der Waals surface area contributed by atoms with Crippen LogP contribution in [0.25, 0.3) is 0 Å². The standard InChI is InChI=1S/C2H4Cl2N2/c3-1(5)2(4)6/h5-6H2/b2-1+. The Morgan fingerprint density at radius 2 is 1.17 bits per heavy atom. The molecule has 0 aliphatic heterocycles. The van der Waals surface area contributed by atoms with Crippen LogP contribution in [0.2, 0.25) is 0 Å². The molecule has 36 valence electrons. The molecule has 0 bridgehead atoms. The van der Waals surface area contributed by atoms with Gasteiger partial charge in [0.25, 0.3) is 0 Å². The summed E-state index contributed by atoms with van der Waals surface area (Å²) < 4.78 is 0. The highest BCUT2D eigenvalue weighted by molar-refractivity contribution is 6.38. The molecule has 0 aromatic rings. The summed E-state index contributed by atoms with van der Waals surface area (Å²) in [5, 5.41) is -0.117. The fraction of sp³-hybridized carbons (Fsp3) is 0. The van der Waals surface area contributed by atoms with Crippen LogP contribution >= 0.6 is 23.2 Å². The van der Waals surface area contributed by atoms with Gasteiger partial charge in [-0.3, -0.25) is 0 Å². The van der Waals surface area contributed by atoms with Crippen molar-refractivity contribution in [3.8, 4) is 0 Å². The zero-order valence-corrected chi connectivity index (χ0v) is 4.42. The third-order valence-electron chi connectivity index (χ3n) is 0.228. The summed E-state index contributed by atoms with van der Waals surface area (Å²) in [6.07, 6.45) is 0. The summed E-state index contributed by atoms with van der Waals surface area (Å²) in [4.78, 5) is 0. The molecule has 0 radical (unpaired) electrons. The molecule has 4 heteroatoms. The van der Waals surface area contributed by atoms with E-state index in [9.17, 15) is 0 Å². The van der Waals surface area contributed by atoms with E-state index in [2.05, 4.69) is 0 Å². The van der Waals surface area contributed by atoms with Gasteiger partial charge >= 0.3 is 0 Å². The van der Waals surface area contributed by atoms with E-state index < -0.39 is 0 Å². The van der Waals surface area contributed by atoms with E-state index in [0.717, 1.165) is 0 Å². The minimum Gasteiger partial charge on any atom is -0.387 e. The van der Waals surface area contributed by atoms with Crippen LogP contribution in [0.1, 0.15) is 0 Å².